The summed E-state index contributed by atoms with van der Waals surface area (Å²) in [6.07, 6.45) is 0.197. The van der Waals surface area contributed by atoms with E-state index in [1.165, 1.54) is 0 Å². The molecule has 1 heterocycles. The summed E-state index contributed by atoms with van der Waals surface area (Å²) in [5.74, 6) is 0.468. The zero-order chi connectivity index (χ0) is 16.9. The molecule has 1 amide bonds. The lowest BCUT2D eigenvalue weighted by Gasteiger charge is -2.11. The number of anilines is 1. The number of aliphatic hydroxyl groups is 1. The number of rotatable bonds is 6. The molecule has 2 aromatic carbocycles. The Morgan fingerprint density at radius 2 is 2.12 bits per heavy atom. The van der Waals surface area contributed by atoms with Crippen molar-refractivity contribution in [3.63, 3.8) is 0 Å². The summed E-state index contributed by atoms with van der Waals surface area (Å²) < 4.78 is 5.44. The molecule has 0 radical (unpaired) electrons. The maximum Gasteiger partial charge on any atom is 0.230 e. The largest absolute Gasteiger partial charge is 0.494 e. The van der Waals surface area contributed by atoms with Gasteiger partial charge in [0.05, 0.1) is 30.8 Å². The van der Waals surface area contributed by atoms with Gasteiger partial charge in [-0.05, 0) is 31.2 Å². The molecule has 0 spiro atoms. The highest BCUT2D eigenvalue weighted by molar-refractivity contribution is 5.95. The fourth-order valence-corrected chi connectivity index (χ4v) is 2.59. The van der Waals surface area contributed by atoms with Crippen LogP contribution in [0.1, 0.15) is 18.2 Å². The third-order valence-electron chi connectivity index (χ3n) is 3.69. The first-order chi connectivity index (χ1) is 11.7. The Morgan fingerprint density at radius 1 is 1.29 bits per heavy atom. The molecule has 124 valence electrons. The van der Waals surface area contributed by atoms with E-state index >= 15 is 0 Å². The average Bonchev–Trinajstić information content (AvgIpc) is 2.99. The number of para-hydroxylation sites is 1. The number of carbonyl (C=O) groups is 1. The number of hydrogen-bond donors (Lipinski definition) is 3. The summed E-state index contributed by atoms with van der Waals surface area (Å²) in [4.78, 5) is 12.3. The van der Waals surface area contributed by atoms with Gasteiger partial charge >= 0.3 is 0 Å². The predicted octanol–water partition coefficient (Wildman–Crippen LogP) is 2.64. The summed E-state index contributed by atoms with van der Waals surface area (Å²) in [5.41, 5.74) is 2.87. The zero-order valence-electron chi connectivity index (χ0n) is 13.4. The Bertz CT molecular complexity index is 858. The van der Waals surface area contributed by atoms with Crippen molar-refractivity contribution in [3.05, 3.63) is 53.7 Å². The molecule has 0 unspecified atom stereocenters. The Hall–Kier alpha value is -2.86. The van der Waals surface area contributed by atoms with Crippen LogP contribution in [0.25, 0.3) is 10.9 Å². The van der Waals surface area contributed by atoms with Crippen LogP contribution in [0.3, 0.4) is 0 Å². The van der Waals surface area contributed by atoms with Crippen molar-refractivity contribution < 1.29 is 14.6 Å². The third-order valence-corrected chi connectivity index (χ3v) is 3.69. The van der Waals surface area contributed by atoms with E-state index in [2.05, 4.69) is 15.5 Å². The summed E-state index contributed by atoms with van der Waals surface area (Å²) in [5, 5.41) is 20.3. The number of aliphatic hydroxyl groups excluding tert-OH is 1. The topological polar surface area (TPSA) is 87.2 Å². The smallest absolute Gasteiger partial charge is 0.230 e. The molecule has 1 aromatic heterocycles. The number of aromatic nitrogens is 2. The highest BCUT2D eigenvalue weighted by Gasteiger charge is 2.11. The lowest BCUT2D eigenvalue weighted by atomic mass is 10.1. The maximum absolute atomic E-state index is 12.3. The first-order valence-electron chi connectivity index (χ1n) is 7.79. The van der Waals surface area contributed by atoms with Gasteiger partial charge in [-0.1, -0.05) is 18.2 Å². The number of nitrogens with one attached hydrogen (secondary N) is 2. The van der Waals surface area contributed by atoms with Gasteiger partial charge in [0, 0.05) is 16.6 Å². The van der Waals surface area contributed by atoms with Crippen molar-refractivity contribution in [3.8, 4) is 5.75 Å². The van der Waals surface area contributed by atoms with Gasteiger partial charge in [-0.25, -0.2) is 0 Å². The van der Waals surface area contributed by atoms with Gasteiger partial charge in [-0.3, -0.25) is 9.89 Å². The van der Waals surface area contributed by atoms with Gasteiger partial charge < -0.3 is 15.2 Å². The summed E-state index contributed by atoms with van der Waals surface area (Å²) in [6.45, 7) is 2.25. The van der Waals surface area contributed by atoms with Gasteiger partial charge in [0.1, 0.15) is 5.75 Å². The van der Waals surface area contributed by atoms with Crippen molar-refractivity contribution >= 4 is 22.5 Å². The van der Waals surface area contributed by atoms with Crippen LogP contribution in [0, 0.1) is 0 Å². The molecule has 24 heavy (non-hydrogen) atoms. The quantitative estimate of drug-likeness (QED) is 0.650. The van der Waals surface area contributed by atoms with E-state index in [1.54, 1.807) is 18.2 Å². The molecule has 0 atom stereocenters. The molecule has 3 rings (SSSR count). The van der Waals surface area contributed by atoms with E-state index in [0.717, 1.165) is 16.6 Å². The number of aromatic amines is 1. The summed E-state index contributed by atoms with van der Waals surface area (Å²) in [7, 11) is 0. The lowest BCUT2D eigenvalue weighted by Crippen LogP contribution is -2.15. The molecule has 0 fully saturated rings. The molecule has 0 aliphatic heterocycles. The van der Waals surface area contributed by atoms with Gasteiger partial charge in [0.15, 0.2) is 0 Å². The minimum Gasteiger partial charge on any atom is -0.494 e. The number of fused-ring (bicyclic) bond motifs is 1. The number of nitrogens with zero attached hydrogens (tertiary/aromatic N) is 1. The minimum atomic E-state index is -0.155. The third kappa shape index (κ3) is 3.38. The monoisotopic (exact) mass is 325 g/mol. The van der Waals surface area contributed by atoms with Crippen LogP contribution in [0.2, 0.25) is 0 Å². The Labute approximate surface area is 139 Å². The molecule has 6 nitrogen and oxygen atoms in total. The molecule has 0 aliphatic carbocycles. The Morgan fingerprint density at radius 3 is 2.92 bits per heavy atom. The van der Waals surface area contributed by atoms with Gasteiger partial charge in [-0.15, -0.1) is 0 Å². The van der Waals surface area contributed by atoms with E-state index < -0.39 is 0 Å². The predicted molar refractivity (Wildman–Crippen MR) is 92.0 cm³/mol. The van der Waals surface area contributed by atoms with E-state index in [1.807, 2.05) is 31.2 Å². The lowest BCUT2D eigenvalue weighted by molar-refractivity contribution is -0.115. The maximum atomic E-state index is 12.3. The number of amides is 1. The zero-order valence-corrected chi connectivity index (χ0v) is 13.4. The van der Waals surface area contributed by atoms with Gasteiger partial charge in [0.25, 0.3) is 0 Å². The molecule has 0 saturated carbocycles. The highest BCUT2D eigenvalue weighted by atomic mass is 16.5. The van der Waals surface area contributed by atoms with Crippen molar-refractivity contribution in [1.82, 2.24) is 10.2 Å². The van der Waals surface area contributed by atoms with Crippen LogP contribution in [0.4, 0.5) is 5.69 Å². The fraction of sp³-hybridized carbons (Fsp3) is 0.222. The summed E-state index contributed by atoms with van der Waals surface area (Å²) >= 11 is 0. The van der Waals surface area contributed by atoms with Crippen molar-refractivity contribution in [2.75, 3.05) is 11.9 Å². The molecule has 3 N–H and O–H groups in total. The second kappa shape index (κ2) is 7.14. The van der Waals surface area contributed by atoms with Crippen molar-refractivity contribution in [1.29, 1.82) is 0 Å². The standard InChI is InChI=1S/C18H19N3O3/c1-2-24-17-8-7-13(9-12(17)11-22)19-18(23)10-16-14-5-3-4-6-15(14)20-21-16/h3-9,22H,2,10-11H2,1H3,(H,19,23)(H,20,21). The average molecular weight is 325 g/mol. The normalized spacial score (nSPS) is 10.8. The number of benzene rings is 2. The van der Waals surface area contributed by atoms with Crippen LogP contribution in [0.15, 0.2) is 42.5 Å². The summed E-state index contributed by atoms with van der Waals surface area (Å²) in [6, 6.07) is 12.9. The van der Waals surface area contributed by atoms with Crippen LogP contribution in [-0.2, 0) is 17.8 Å². The molecular weight excluding hydrogens is 306 g/mol. The SMILES string of the molecule is CCOc1ccc(NC(=O)Cc2[nH]nc3ccccc23)cc1CO. The molecule has 3 aromatic rings. The number of hydrogen-bond acceptors (Lipinski definition) is 4. The molecule has 0 saturated heterocycles. The van der Waals surface area contributed by atoms with E-state index in [9.17, 15) is 9.90 Å². The second-order valence-corrected chi connectivity index (χ2v) is 5.36. The van der Waals surface area contributed by atoms with Crippen molar-refractivity contribution in [2.45, 2.75) is 20.0 Å². The highest BCUT2D eigenvalue weighted by Crippen LogP contribution is 2.23. The molecule has 6 heteroatoms. The number of ether oxygens (including phenoxy) is 1. The van der Waals surface area contributed by atoms with Crippen LogP contribution >= 0.6 is 0 Å². The van der Waals surface area contributed by atoms with Crippen molar-refractivity contribution in [2.24, 2.45) is 0 Å². The van der Waals surface area contributed by atoms with Gasteiger partial charge in [-0.2, -0.15) is 5.10 Å². The second-order valence-electron chi connectivity index (χ2n) is 5.36. The van der Waals surface area contributed by atoms with E-state index in [0.29, 0.717) is 23.6 Å². The van der Waals surface area contributed by atoms with E-state index in [-0.39, 0.29) is 18.9 Å². The number of H-pyrrole nitrogens is 1. The van der Waals surface area contributed by atoms with Gasteiger partial charge in [0.2, 0.25) is 5.91 Å². The molecule has 0 aliphatic rings. The first-order valence-corrected chi connectivity index (χ1v) is 7.79. The number of carbonyl (C=O) groups excluding carboxylic acids is 1. The van der Waals surface area contributed by atoms with Crippen LogP contribution in [0.5, 0.6) is 5.75 Å². The van der Waals surface area contributed by atoms with Crippen LogP contribution in [-0.4, -0.2) is 27.8 Å². The Kier molecular flexibility index (Phi) is 4.77. The first kappa shape index (κ1) is 16.0. The van der Waals surface area contributed by atoms with Crippen LogP contribution < -0.4 is 10.1 Å². The molecule has 0 bridgehead atoms. The fourth-order valence-electron chi connectivity index (χ4n) is 2.59. The Balaban J connectivity index is 1.73. The molecular formula is C18H19N3O3. The minimum absolute atomic E-state index is 0.149. The van der Waals surface area contributed by atoms with E-state index in [4.69, 9.17) is 4.74 Å².